The summed E-state index contributed by atoms with van der Waals surface area (Å²) in [6, 6.07) is 11.5. The minimum Gasteiger partial charge on any atom is -0.497 e. The number of carbonyl (C=O) groups excluding carboxylic acids is 7. The highest BCUT2D eigenvalue weighted by Crippen LogP contribution is 2.34. The van der Waals surface area contributed by atoms with E-state index in [1.165, 1.54) is 76.7 Å². The lowest BCUT2D eigenvalue weighted by molar-refractivity contribution is -0.149. The van der Waals surface area contributed by atoms with E-state index in [4.69, 9.17) is 14.2 Å². The number of methoxy groups -OCH3 is 1. The van der Waals surface area contributed by atoms with Gasteiger partial charge in [-0.05, 0) is 73.9 Å². The number of benzene rings is 3. The average molecular weight is 799 g/mol. The van der Waals surface area contributed by atoms with Crippen LogP contribution in [0.15, 0.2) is 66.7 Å². The van der Waals surface area contributed by atoms with Crippen molar-refractivity contribution in [3.8, 4) is 23.0 Å². The number of esters is 1. The third kappa shape index (κ3) is 9.91. The molecule has 58 heavy (non-hydrogen) atoms. The van der Waals surface area contributed by atoms with Crippen molar-refractivity contribution < 1.29 is 47.8 Å². The van der Waals surface area contributed by atoms with Crippen molar-refractivity contribution in [3.05, 3.63) is 83.4 Å². The van der Waals surface area contributed by atoms with E-state index in [0.29, 0.717) is 28.2 Å². The molecule has 0 aromatic heterocycles. The number of rotatable bonds is 4. The van der Waals surface area contributed by atoms with Gasteiger partial charge in [0.25, 0.3) is 0 Å². The van der Waals surface area contributed by atoms with Crippen LogP contribution in [0.4, 0.5) is 0 Å². The number of hydrogen-bond acceptors (Lipinski definition) is 10. The molecule has 0 aliphatic carbocycles. The van der Waals surface area contributed by atoms with Crippen molar-refractivity contribution in [1.82, 2.24) is 30.7 Å². The normalized spacial score (nSPS) is 23.8. The molecule has 1 saturated heterocycles. The van der Waals surface area contributed by atoms with Crippen LogP contribution >= 0.6 is 0 Å². The van der Waals surface area contributed by atoms with Crippen molar-refractivity contribution in [2.45, 2.75) is 83.2 Å². The number of ether oxygens (including phenoxy) is 3. The molecule has 3 aromatic rings. The minimum absolute atomic E-state index is 0.0126. The second-order valence-corrected chi connectivity index (χ2v) is 14.7. The van der Waals surface area contributed by atoms with E-state index in [1.54, 1.807) is 60.7 Å². The van der Waals surface area contributed by atoms with Crippen LogP contribution in [0, 0.1) is 0 Å². The second-order valence-electron chi connectivity index (χ2n) is 14.7. The van der Waals surface area contributed by atoms with Crippen LogP contribution in [-0.2, 0) is 52.8 Å². The first-order valence-electron chi connectivity index (χ1n) is 18.9. The molecule has 0 spiro atoms. The quantitative estimate of drug-likeness (QED) is 0.259. The molecule has 308 valence electrons. The largest absolute Gasteiger partial charge is 0.497 e. The molecule has 16 nitrogen and oxygen atoms in total. The summed E-state index contributed by atoms with van der Waals surface area (Å²) in [6.07, 6.45) is -0.00947. The lowest BCUT2D eigenvalue weighted by atomic mass is 9.98. The van der Waals surface area contributed by atoms with Crippen molar-refractivity contribution in [1.29, 1.82) is 0 Å². The van der Waals surface area contributed by atoms with E-state index < -0.39 is 77.7 Å². The number of fused-ring (bicyclic) bond motifs is 2. The van der Waals surface area contributed by atoms with E-state index in [-0.39, 0.29) is 30.8 Å². The Labute approximate surface area is 337 Å². The maximum absolute atomic E-state index is 14.7. The van der Waals surface area contributed by atoms with Gasteiger partial charge in [0.05, 0.1) is 7.11 Å². The number of amides is 6. The molecule has 3 N–H and O–H groups in total. The van der Waals surface area contributed by atoms with E-state index >= 15 is 0 Å². The standard InChI is InChI=1S/C42H50N6O10/c1-23-37(50)44-24(2)40(53)46(5)32(19-27-9-14-30(56-8)15-10-27)39(52)45-25(3)41(54)48(7)34-20-28-11-16-31(17-12-28)58-36-22-29(13-18-35(36)57-26(4)49)21-33(38(51)43-23)47(6)42(34)55/h9-18,22-25,32-34H,19-21H2,1-8H3,(H,43,51)(H,44,50)(H,45,52). The highest BCUT2D eigenvalue weighted by atomic mass is 16.6. The van der Waals surface area contributed by atoms with Gasteiger partial charge in [-0.15, -0.1) is 0 Å². The molecular formula is C42H50N6O10. The molecule has 3 aliphatic heterocycles. The summed E-state index contributed by atoms with van der Waals surface area (Å²) < 4.78 is 16.8. The minimum atomic E-state index is -1.23. The van der Waals surface area contributed by atoms with Crippen molar-refractivity contribution in [2.75, 3.05) is 28.3 Å². The van der Waals surface area contributed by atoms with Gasteiger partial charge in [-0.3, -0.25) is 33.6 Å². The molecule has 6 unspecified atom stereocenters. The Morgan fingerprint density at radius 3 is 1.84 bits per heavy atom. The summed E-state index contributed by atoms with van der Waals surface area (Å²) in [4.78, 5) is 100. The van der Waals surface area contributed by atoms with Gasteiger partial charge >= 0.3 is 5.97 Å². The molecule has 6 atom stereocenters. The van der Waals surface area contributed by atoms with Gasteiger partial charge in [0.1, 0.15) is 47.8 Å². The van der Waals surface area contributed by atoms with Gasteiger partial charge in [0, 0.05) is 47.3 Å². The molecule has 6 amide bonds. The highest BCUT2D eigenvalue weighted by Gasteiger charge is 2.39. The van der Waals surface area contributed by atoms with Crippen molar-refractivity contribution >= 4 is 41.4 Å². The van der Waals surface area contributed by atoms with Gasteiger partial charge in [-0.2, -0.15) is 0 Å². The first kappa shape index (κ1) is 42.7. The Kier molecular flexibility index (Phi) is 13.4. The number of likely N-dealkylation sites (N-methyl/N-ethyl adjacent to an activating group) is 3. The Hall–Kier alpha value is -6.45. The summed E-state index contributed by atoms with van der Waals surface area (Å²) in [6.45, 7) is 5.65. The molecule has 3 aromatic carbocycles. The summed E-state index contributed by atoms with van der Waals surface area (Å²) in [5, 5.41) is 8.08. The third-order valence-electron chi connectivity index (χ3n) is 10.4. The molecule has 3 heterocycles. The Morgan fingerprint density at radius 2 is 1.22 bits per heavy atom. The predicted octanol–water partition coefficient (Wildman–Crippen LogP) is 1.76. The first-order valence-corrected chi connectivity index (χ1v) is 18.9. The molecular weight excluding hydrogens is 748 g/mol. The molecule has 0 saturated carbocycles. The number of nitrogens with one attached hydrogen (secondary N) is 3. The smallest absolute Gasteiger partial charge is 0.308 e. The Bertz CT molecular complexity index is 2060. The molecule has 3 aliphatic rings. The van der Waals surface area contributed by atoms with E-state index in [2.05, 4.69) is 16.0 Å². The topological polar surface area (TPSA) is 193 Å². The van der Waals surface area contributed by atoms with Crippen LogP contribution in [-0.4, -0.2) is 121 Å². The van der Waals surface area contributed by atoms with E-state index in [9.17, 15) is 33.6 Å². The Morgan fingerprint density at radius 1 is 0.672 bits per heavy atom. The molecule has 6 bridgehead atoms. The highest BCUT2D eigenvalue weighted by molar-refractivity contribution is 5.98. The zero-order valence-corrected chi connectivity index (χ0v) is 33.9. The SMILES string of the molecule is COc1ccc(CC2C(=O)NC(C)C(=O)N(C)C3Cc4ccc(cc4)Oc4cc(ccc4OC(C)=O)CC(C(=O)NC(C)C(=O)NC(C)C(=O)N2C)N(C)C3=O)cc1. The van der Waals surface area contributed by atoms with Crippen LogP contribution in [0.5, 0.6) is 23.0 Å². The van der Waals surface area contributed by atoms with Gasteiger partial charge in [0.2, 0.25) is 35.4 Å². The zero-order valence-electron chi connectivity index (χ0n) is 33.9. The fourth-order valence-electron chi connectivity index (χ4n) is 6.90. The van der Waals surface area contributed by atoms with Gasteiger partial charge in [-0.1, -0.05) is 30.3 Å². The molecule has 6 rings (SSSR count). The van der Waals surface area contributed by atoms with Crippen molar-refractivity contribution in [3.63, 3.8) is 0 Å². The summed E-state index contributed by atoms with van der Waals surface area (Å²) in [5.41, 5.74) is 1.86. The lowest BCUT2D eigenvalue weighted by Gasteiger charge is -2.36. The van der Waals surface area contributed by atoms with E-state index in [1.807, 2.05) is 0 Å². The Balaban J connectivity index is 1.58. The van der Waals surface area contributed by atoms with Gasteiger partial charge in [-0.25, -0.2) is 0 Å². The van der Waals surface area contributed by atoms with Crippen LogP contribution < -0.4 is 30.2 Å². The number of carbonyl (C=O) groups is 7. The molecule has 16 heteroatoms. The fraction of sp³-hybridized carbons (Fsp3) is 0.405. The van der Waals surface area contributed by atoms with Crippen LogP contribution in [0.3, 0.4) is 0 Å². The molecule has 0 radical (unpaired) electrons. The summed E-state index contributed by atoms with van der Waals surface area (Å²) in [5.74, 6) is -3.04. The first-order chi connectivity index (χ1) is 27.5. The van der Waals surface area contributed by atoms with Crippen LogP contribution in [0.2, 0.25) is 0 Å². The molecule has 1 fully saturated rings. The van der Waals surface area contributed by atoms with Crippen LogP contribution in [0.25, 0.3) is 0 Å². The number of nitrogens with zero attached hydrogens (tertiary/aromatic N) is 3. The van der Waals surface area contributed by atoms with Crippen molar-refractivity contribution in [2.24, 2.45) is 0 Å². The van der Waals surface area contributed by atoms with E-state index in [0.717, 1.165) is 0 Å². The lowest BCUT2D eigenvalue weighted by Crippen LogP contribution is -2.61. The zero-order chi connectivity index (χ0) is 42.4. The van der Waals surface area contributed by atoms with Crippen LogP contribution in [0.1, 0.15) is 44.4 Å². The van der Waals surface area contributed by atoms with Gasteiger partial charge < -0.3 is 44.9 Å². The van der Waals surface area contributed by atoms with Gasteiger partial charge in [0.15, 0.2) is 11.5 Å². The number of hydrogen-bond donors (Lipinski definition) is 3. The maximum atomic E-state index is 14.7. The average Bonchev–Trinajstić information content (AvgIpc) is 3.20. The summed E-state index contributed by atoms with van der Waals surface area (Å²) in [7, 11) is 5.85. The third-order valence-corrected chi connectivity index (χ3v) is 10.4. The monoisotopic (exact) mass is 798 g/mol. The predicted molar refractivity (Wildman–Crippen MR) is 211 cm³/mol. The second kappa shape index (κ2) is 18.2. The maximum Gasteiger partial charge on any atom is 0.308 e. The fourth-order valence-corrected chi connectivity index (χ4v) is 6.90. The summed E-state index contributed by atoms with van der Waals surface area (Å²) >= 11 is 0.